The lowest BCUT2D eigenvalue weighted by Crippen LogP contribution is -2.26. The van der Waals surface area contributed by atoms with E-state index in [1.807, 2.05) is 0 Å². The summed E-state index contributed by atoms with van der Waals surface area (Å²) >= 11 is 16.7. The number of aromatic nitrogens is 1. The number of hydrogen-bond acceptors (Lipinski definition) is 9. The average molecular weight is 654 g/mol. The summed E-state index contributed by atoms with van der Waals surface area (Å²) in [6, 6.07) is 8.19. The van der Waals surface area contributed by atoms with Crippen molar-refractivity contribution < 1.29 is 51.8 Å². The third-order valence-corrected chi connectivity index (χ3v) is 5.60. The summed E-state index contributed by atoms with van der Waals surface area (Å²) in [5, 5.41) is 19.6. The van der Waals surface area contributed by atoms with Crippen LogP contribution < -0.4 is 4.74 Å². The highest BCUT2D eigenvalue weighted by Gasteiger charge is 2.31. The highest BCUT2D eigenvalue weighted by atomic mass is 35.5. The molecule has 1 unspecified atom stereocenters. The van der Waals surface area contributed by atoms with E-state index in [4.69, 9.17) is 54.1 Å². The van der Waals surface area contributed by atoms with Gasteiger partial charge in [0.15, 0.2) is 11.8 Å². The van der Waals surface area contributed by atoms with E-state index < -0.39 is 51.9 Å². The maximum Gasteiger partial charge on any atom is 0.416 e. The lowest BCUT2D eigenvalue weighted by atomic mass is 10.1. The lowest BCUT2D eigenvalue weighted by molar-refractivity contribution is -0.385. The predicted molar refractivity (Wildman–Crippen MR) is 142 cm³/mol. The number of carbonyl (C=O) groups is 3. The summed E-state index contributed by atoms with van der Waals surface area (Å²) in [4.78, 5) is 48.3. The van der Waals surface area contributed by atoms with E-state index in [9.17, 15) is 37.7 Å². The summed E-state index contributed by atoms with van der Waals surface area (Å²) in [5.74, 6) is -3.54. The minimum absolute atomic E-state index is 0.0398. The minimum atomic E-state index is -4.61. The molecule has 0 saturated carbocycles. The first-order valence-electron chi connectivity index (χ1n) is 11.3. The van der Waals surface area contributed by atoms with Crippen LogP contribution in [-0.2, 0) is 20.4 Å². The Morgan fingerprint density at radius 2 is 1.71 bits per heavy atom. The molecule has 0 spiro atoms. The molecule has 224 valence electrons. The Labute approximate surface area is 249 Å². The van der Waals surface area contributed by atoms with Gasteiger partial charge in [-0.05, 0) is 50.2 Å². The van der Waals surface area contributed by atoms with Gasteiger partial charge in [-0.3, -0.25) is 10.1 Å². The zero-order valence-corrected chi connectivity index (χ0v) is 23.5. The predicted octanol–water partition coefficient (Wildman–Crippen LogP) is 7.25. The van der Waals surface area contributed by atoms with E-state index in [0.717, 1.165) is 30.3 Å². The molecule has 1 aromatic heterocycles. The molecule has 0 aliphatic carbocycles. The van der Waals surface area contributed by atoms with E-state index in [1.54, 1.807) is 6.92 Å². The van der Waals surface area contributed by atoms with Gasteiger partial charge in [0.05, 0.1) is 27.1 Å². The van der Waals surface area contributed by atoms with E-state index in [-0.39, 0.29) is 39.0 Å². The van der Waals surface area contributed by atoms with E-state index in [2.05, 4.69) is 4.98 Å². The number of nitro groups is 1. The van der Waals surface area contributed by atoms with Gasteiger partial charge in [-0.15, -0.1) is 0 Å². The number of carboxylic acids is 1. The molecule has 1 N–H and O–H groups in total. The standard InChI is InChI=1S/C19H15ClF3NO7.C6H3Cl2NO2/c1-3-29-17(25)10(2)30-18(26)13-9-12(5-6-15(13)24(27)28)31-16-7-4-11(8-14(16)20)19(21,22)23;7-3-1-2-4(8)9-5(3)6(10)11/h4-10H,3H2,1-2H3;1-2H,(H,10,11). The van der Waals surface area contributed by atoms with Crippen LogP contribution in [0.1, 0.15) is 40.3 Å². The lowest BCUT2D eigenvalue weighted by Gasteiger charge is -2.13. The summed E-state index contributed by atoms with van der Waals surface area (Å²) in [6.45, 7) is 2.81. The van der Waals surface area contributed by atoms with Crippen molar-refractivity contribution in [3.8, 4) is 11.5 Å². The van der Waals surface area contributed by atoms with Crippen LogP contribution in [0.2, 0.25) is 15.2 Å². The molecule has 2 aromatic carbocycles. The van der Waals surface area contributed by atoms with Crippen LogP contribution in [0.4, 0.5) is 18.9 Å². The smallest absolute Gasteiger partial charge is 0.416 e. The fourth-order valence-corrected chi connectivity index (χ4v) is 3.44. The molecule has 0 amide bonds. The van der Waals surface area contributed by atoms with Gasteiger partial charge in [0, 0.05) is 12.1 Å². The van der Waals surface area contributed by atoms with Gasteiger partial charge in [-0.25, -0.2) is 19.4 Å². The molecule has 0 radical (unpaired) electrons. The number of carbonyl (C=O) groups excluding carboxylic acids is 2. The molecule has 0 bridgehead atoms. The van der Waals surface area contributed by atoms with Crippen molar-refractivity contribution in [1.29, 1.82) is 0 Å². The Hall–Kier alpha value is -4.14. The largest absolute Gasteiger partial charge is 0.476 e. The Bertz CT molecular complexity index is 1500. The normalized spacial score (nSPS) is 11.4. The van der Waals surface area contributed by atoms with Gasteiger partial charge in [0.2, 0.25) is 0 Å². The van der Waals surface area contributed by atoms with Crippen LogP contribution in [-0.4, -0.2) is 45.6 Å². The molecule has 0 fully saturated rings. The van der Waals surface area contributed by atoms with Crippen molar-refractivity contribution in [2.24, 2.45) is 0 Å². The number of aromatic carboxylic acids is 1. The SMILES string of the molecule is CCOC(=O)C(C)OC(=O)c1cc(Oc2ccc(C(F)(F)F)cc2Cl)ccc1[N+](=O)[O-].O=C(O)c1nc(Cl)ccc1Cl. The van der Waals surface area contributed by atoms with Gasteiger partial charge in [-0.1, -0.05) is 34.8 Å². The molecular weight excluding hydrogens is 636 g/mol. The number of esters is 2. The zero-order valence-electron chi connectivity index (χ0n) is 21.3. The van der Waals surface area contributed by atoms with E-state index >= 15 is 0 Å². The number of rotatable bonds is 8. The number of alkyl halides is 3. The monoisotopic (exact) mass is 652 g/mol. The van der Waals surface area contributed by atoms with E-state index in [0.29, 0.717) is 6.07 Å². The van der Waals surface area contributed by atoms with Crippen LogP contribution in [0.3, 0.4) is 0 Å². The number of halogens is 6. The fraction of sp³-hybridized carbons (Fsp3) is 0.200. The Morgan fingerprint density at radius 1 is 1.05 bits per heavy atom. The zero-order chi connectivity index (χ0) is 31.8. The van der Waals surface area contributed by atoms with Gasteiger partial charge in [-0.2, -0.15) is 13.2 Å². The summed E-state index contributed by atoms with van der Waals surface area (Å²) < 4.78 is 53.2. The summed E-state index contributed by atoms with van der Waals surface area (Å²) in [6.07, 6.45) is -5.94. The average Bonchev–Trinajstić information content (AvgIpc) is 2.90. The number of hydrogen-bond donors (Lipinski definition) is 1. The molecule has 17 heteroatoms. The second-order valence-corrected chi connectivity index (χ2v) is 8.95. The first kappa shape index (κ1) is 34.1. The maximum absolute atomic E-state index is 12.8. The van der Waals surface area contributed by atoms with Gasteiger partial charge >= 0.3 is 24.1 Å². The van der Waals surface area contributed by atoms with Crippen molar-refractivity contribution >= 4 is 58.4 Å². The molecule has 1 heterocycles. The van der Waals surface area contributed by atoms with Crippen LogP contribution in [0.5, 0.6) is 11.5 Å². The molecule has 0 saturated heterocycles. The summed E-state index contributed by atoms with van der Waals surface area (Å²) in [7, 11) is 0. The van der Waals surface area contributed by atoms with Gasteiger partial charge < -0.3 is 19.3 Å². The molecule has 1 atom stereocenters. The van der Waals surface area contributed by atoms with Crippen LogP contribution in [0.25, 0.3) is 0 Å². The number of nitrogens with zero attached hydrogens (tertiary/aromatic N) is 2. The molecule has 0 aliphatic heterocycles. The van der Waals surface area contributed by atoms with E-state index in [1.165, 1.54) is 19.1 Å². The van der Waals surface area contributed by atoms with Crippen molar-refractivity contribution in [3.63, 3.8) is 0 Å². The second kappa shape index (κ2) is 14.7. The van der Waals surface area contributed by atoms with Crippen molar-refractivity contribution in [1.82, 2.24) is 4.98 Å². The van der Waals surface area contributed by atoms with Crippen molar-refractivity contribution in [2.45, 2.75) is 26.1 Å². The molecular formula is C25H18Cl3F3N2O9. The van der Waals surface area contributed by atoms with Gasteiger partial charge in [0.1, 0.15) is 22.2 Å². The molecule has 11 nitrogen and oxygen atoms in total. The van der Waals surface area contributed by atoms with Crippen LogP contribution >= 0.6 is 34.8 Å². The third-order valence-electron chi connectivity index (χ3n) is 4.79. The number of carboxylic acid groups (broad SMARTS) is 1. The van der Waals surface area contributed by atoms with Crippen molar-refractivity contribution in [3.05, 3.63) is 90.7 Å². The summed E-state index contributed by atoms with van der Waals surface area (Å²) in [5.41, 5.74) is -2.39. The highest BCUT2D eigenvalue weighted by molar-refractivity contribution is 6.34. The highest BCUT2D eigenvalue weighted by Crippen LogP contribution is 2.37. The molecule has 3 rings (SSSR count). The van der Waals surface area contributed by atoms with Crippen molar-refractivity contribution in [2.75, 3.05) is 6.61 Å². The first-order chi connectivity index (χ1) is 19.5. The number of ether oxygens (including phenoxy) is 3. The quantitative estimate of drug-likeness (QED) is 0.114. The Kier molecular flexibility index (Phi) is 11.9. The fourth-order valence-electron chi connectivity index (χ4n) is 2.89. The van der Waals surface area contributed by atoms with Crippen LogP contribution in [0, 0.1) is 10.1 Å². The number of nitro benzene ring substituents is 1. The third kappa shape index (κ3) is 9.46. The Balaban J connectivity index is 0.000000468. The molecule has 3 aromatic rings. The molecule has 42 heavy (non-hydrogen) atoms. The first-order valence-corrected chi connectivity index (χ1v) is 12.4. The maximum atomic E-state index is 12.8. The number of benzene rings is 2. The topological polar surface area (TPSA) is 155 Å². The van der Waals surface area contributed by atoms with Gasteiger partial charge in [0.25, 0.3) is 5.69 Å². The minimum Gasteiger partial charge on any atom is -0.476 e. The second-order valence-electron chi connectivity index (χ2n) is 7.75. The van der Waals surface area contributed by atoms with Crippen LogP contribution in [0.15, 0.2) is 48.5 Å². The Morgan fingerprint density at radius 3 is 2.24 bits per heavy atom. The molecule has 0 aliphatic rings. The number of pyridine rings is 1.